The molecule has 0 N–H and O–H groups in total. The number of hydrogen-bond acceptors (Lipinski definition) is 3. The average molecular weight is 240 g/mol. The molecule has 0 atom stereocenters. The van der Waals surface area contributed by atoms with Gasteiger partial charge < -0.3 is 0 Å². The van der Waals surface area contributed by atoms with Gasteiger partial charge in [0.05, 0.1) is 5.52 Å². The topological polar surface area (TPSA) is 47.0 Å². The standard InChI is InChI=1S/C9H7N.O2Se/c1-2-6-9-8(4-1)5-3-7-10-9;1-3-2/h1-7H;. The van der Waals surface area contributed by atoms with Crippen LogP contribution in [0.5, 0.6) is 0 Å². The van der Waals surface area contributed by atoms with Crippen LogP contribution in [0.3, 0.4) is 0 Å². The minimum absolute atomic E-state index is 1.06. The van der Waals surface area contributed by atoms with E-state index < -0.39 is 14.8 Å². The molecule has 1 aromatic heterocycles. The molecule has 0 radical (unpaired) electrons. The van der Waals surface area contributed by atoms with Crippen LogP contribution in [0.2, 0.25) is 0 Å². The molecule has 0 amide bonds. The summed E-state index contributed by atoms with van der Waals surface area (Å²) in [5.74, 6) is 0. The molecule has 0 aliphatic rings. The van der Waals surface area contributed by atoms with Crippen LogP contribution in [0.15, 0.2) is 42.6 Å². The molecule has 0 bridgehead atoms. The Balaban J connectivity index is 0.000000251. The Kier molecular flexibility index (Phi) is 4.09. The Labute approximate surface area is 81.4 Å². The maximum absolute atomic E-state index is 8.44. The molecule has 0 aliphatic heterocycles. The number of hydrogen-bond donors (Lipinski definition) is 0. The van der Waals surface area contributed by atoms with Crippen molar-refractivity contribution in [2.45, 2.75) is 0 Å². The zero-order valence-electron chi connectivity index (χ0n) is 6.71. The summed E-state index contributed by atoms with van der Waals surface area (Å²) in [5.41, 5.74) is 1.06. The summed E-state index contributed by atoms with van der Waals surface area (Å²) in [7, 11) is 0. The van der Waals surface area contributed by atoms with Crippen molar-refractivity contribution in [3.05, 3.63) is 42.6 Å². The third kappa shape index (κ3) is 2.93. The van der Waals surface area contributed by atoms with Crippen LogP contribution in [0.4, 0.5) is 0 Å². The fourth-order valence-electron chi connectivity index (χ4n) is 1.02. The maximum Gasteiger partial charge on any atom is 0.0701 e. The van der Waals surface area contributed by atoms with E-state index in [4.69, 9.17) is 7.67 Å². The molecule has 66 valence electrons. The van der Waals surface area contributed by atoms with Crippen molar-refractivity contribution in [1.29, 1.82) is 0 Å². The zero-order valence-corrected chi connectivity index (χ0v) is 8.43. The second-order valence-electron chi connectivity index (χ2n) is 2.26. The van der Waals surface area contributed by atoms with Crippen LogP contribution in [0, 0.1) is 0 Å². The first-order valence-electron chi connectivity index (χ1n) is 3.60. The van der Waals surface area contributed by atoms with E-state index in [2.05, 4.69) is 17.1 Å². The monoisotopic (exact) mass is 241 g/mol. The van der Waals surface area contributed by atoms with E-state index in [9.17, 15) is 0 Å². The summed E-state index contributed by atoms with van der Waals surface area (Å²) < 4.78 is 16.9. The number of para-hydroxylation sites is 1. The summed E-state index contributed by atoms with van der Waals surface area (Å²) in [6, 6.07) is 12.1. The van der Waals surface area contributed by atoms with E-state index in [1.54, 1.807) is 0 Å². The largest absolute Gasteiger partial charge is 0.256 e. The molecule has 4 heteroatoms. The number of fused-ring (bicyclic) bond motifs is 1. The molecule has 0 fully saturated rings. The van der Waals surface area contributed by atoms with E-state index in [-0.39, 0.29) is 0 Å². The number of aromatic nitrogens is 1. The molecule has 0 saturated carbocycles. The molecule has 0 saturated heterocycles. The third-order valence-electron chi connectivity index (χ3n) is 1.51. The second kappa shape index (κ2) is 5.40. The van der Waals surface area contributed by atoms with Crippen molar-refractivity contribution in [1.82, 2.24) is 4.98 Å². The van der Waals surface area contributed by atoms with Gasteiger partial charge in [-0.3, -0.25) is 4.98 Å². The number of benzene rings is 1. The van der Waals surface area contributed by atoms with Gasteiger partial charge in [-0.15, -0.1) is 0 Å². The maximum atomic E-state index is 8.44. The Bertz CT molecular complexity index is 359. The van der Waals surface area contributed by atoms with Crippen molar-refractivity contribution in [3.8, 4) is 0 Å². The Morgan fingerprint density at radius 3 is 2.31 bits per heavy atom. The predicted molar refractivity (Wildman–Crippen MR) is 48.9 cm³/mol. The van der Waals surface area contributed by atoms with E-state index in [0.717, 1.165) is 5.52 Å². The van der Waals surface area contributed by atoms with Crippen molar-refractivity contribution >= 4 is 25.7 Å². The van der Waals surface area contributed by atoms with Gasteiger partial charge in [-0.05, 0) is 12.1 Å². The first kappa shape index (κ1) is 9.83. The number of rotatable bonds is 0. The summed E-state index contributed by atoms with van der Waals surface area (Å²) >= 11 is -1.62. The zero-order chi connectivity index (χ0) is 9.52. The Morgan fingerprint density at radius 2 is 1.62 bits per heavy atom. The van der Waals surface area contributed by atoms with Crippen LogP contribution in [-0.4, -0.2) is 19.8 Å². The average Bonchev–Trinajstić information content (AvgIpc) is 2.19. The molecular formula is C9H7NO2Se. The Morgan fingerprint density at radius 1 is 1.00 bits per heavy atom. The summed E-state index contributed by atoms with van der Waals surface area (Å²) in [6.45, 7) is 0. The van der Waals surface area contributed by atoms with Crippen LogP contribution in [0.1, 0.15) is 0 Å². The van der Waals surface area contributed by atoms with E-state index in [1.165, 1.54) is 5.39 Å². The Hall–Kier alpha value is -1.25. The molecule has 1 heterocycles. The number of pyridine rings is 1. The summed E-state index contributed by atoms with van der Waals surface area (Å²) in [5, 5.41) is 1.20. The van der Waals surface area contributed by atoms with Gasteiger partial charge in [0.2, 0.25) is 0 Å². The van der Waals surface area contributed by atoms with Gasteiger partial charge in [0, 0.05) is 11.6 Å². The van der Waals surface area contributed by atoms with Crippen LogP contribution in [-0.2, 0) is 7.67 Å². The summed E-state index contributed by atoms with van der Waals surface area (Å²) in [6.07, 6.45) is 1.81. The summed E-state index contributed by atoms with van der Waals surface area (Å²) in [4.78, 5) is 4.18. The minimum atomic E-state index is -1.62. The predicted octanol–water partition coefficient (Wildman–Crippen LogP) is 1.62. The van der Waals surface area contributed by atoms with Crippen LogP contribution in [0.25, 0.3) is 10.9 Å². The molecular weight excluding hydrogens is 233 g/mol. The SMILES string of the molecule is O=[Se]=O.c1ccc2ncccc2c1. The van der Waals surface area contributed by atoms with Gasteiger partial charge in [0.25, 0.3) is 0 Å². The van der Waals surface area contributed by atoms with Crippen molar-refractivity contribution in [2.75, 3.05) is 0 Å². The van der Waals surface area contributed by atoms with Gasteiger partial charge in [-0.25, -0.2) is 0 Å². The first-order chi connectivity index (χ1) is 6.38. The van der Waals surface area contributed by atoms with Gasteiger partial charge in [-0.2, -0.15) is 0 Å². The molecule has 2 aromatic rings. The molecule has 3 nitrogen and oxygen atoms in total. The van der Waals surface area contributed by atoms with Gasteiger partial charge in [-0.1, -0.05) is 24.3 Å². The minimum Gasteiger partial charge on any atom is -0.256 e. The van der Waals surface area contributed by atoms with Crippen molar-refractivity contribution in [2.24, 2.45) is 0 Å². The van der Waals surface area contributed by atoms with E-state index in [0.29, 0.717) is 0 Å². The smallest absolute Gasteiger partial charge is 0.0701 e. The van der Waals surface area contributed by atoms with Gasteiger partial charge in [0.15, 0.2) is 0 Å². The first-order valence-corrected chi connectivity index (χ1v) is 5.00. The molecule has 13 heavy (non-hydrogen) atoms. The van der Waals surface area contributed by atoms with Crippen molar-refractivity contribution < 1.29 is 7.67 Å². The van der Waals surface area contributed by atoms with Gasteiger partial charge >= 0.3 is 22.5 Å². The van der Waals surface area contributed by atoms with E-state index in [1.807, 2.05) is 30.5 Å². The van der Waals surface area contributed by atoms with Crippen LogP contribution >= 0.6 is 0 Å². The molecule has 1 aromatic carbocycles. The normalized spacial score (nSPS) is 8.62. The fraction of sp³-hybridized carbons (Fsp3) is 0. The van der Waals surface area contributed by atoms with Gasteiger partial charge in [0.1, 0.15) is 0 Å². The third-order valence-corrected chi connectivity index (χ3v) is 1.51. The molecule has 0 aliphatic carbocycles. The van der Waals surface area contributed by atoms with Crippen LogP contribution < -0.4 is 0 Å². The number of nitrogens with zero attached hydrogens (tertiary/aromatic N) is 1. The molecule has 0 unspecified atom stereocenters. The molecule has 2 rings (SSSR count). The van der Waals surface area contributed by atoms with Crippen molar-refractivity contribution in [3.63, 3.8) is 0 Å². The fourth-order valence-corrected chi connectivity index (χ4v) is 1.02. The van der Waals surface area contributed by atoms with E-state index >= 15 is 0 Å². The molecule has 0 spiro atoms. The quantitative estimate of drug-likeness (QED) is 0.657. The second-order valence-corrected chi connectivity index (χ2v) is 2.55.